The van der Waals surface area contributed by atoms with Gasteiger partial charge in [-0.3, -0.25) is 19.2 Å². The first kappa shape index (κ1) is 69.3. The predicted octanol–water partition coefficient (Wildman–Crippen LogP) is 21.3. The van der Waals surface area contributed by atoms with Crippen LogP contribution < -0.4 is 0 Å². The minimum Gasteiger partial charge on any atom is -0.348 e. The average Bonchev–Trinajstić information content (AvgIpc) is 4.10. The number of unbranched alkanes of at least 4 members (excludes halogenated alkanes) is 32. The third-order valence-electron chi connectivity index (χ3n) is 16.7. The van der Waals surface area contributed by atoms with Crippen molar-refractivity contribution < 1.29 is 28.7 Å². The molecule has 1 saturated heterocycles. The summed E-state index contributed by atoms with van der Waals surface area (Å²) in [7, 11) is 0. The van der Waals surface area contributed by atoms with Gasteiger partial charge in [0.15, 0.2) is 26.8 Å². The second-order valence-electron chi connectivity index (χ2n) is 23.7. The smallest absolute Gasteiger partial charge is 0.189 e. The number of carbonyl (C=O) groups is 4. The minimum absolute atomic E-state index is 0.0410. The molecular formula is C65H118O6S4. The molecule has 0 spiro atoms. The van der Waals surface area contributed by atoms with E-state index < -0.39 is 17.6 Å². The van der Waals surface area contributed by atoms with E-state index in [9.17, 15) is 19.2 Å². The summed E-state index contributed by atoms with van der Waals surface area (Å²) in [5.41, 5.74) is 0. The maximum atomic E-state index is 14.4. The standard InChI is InChI=1S/C65H118O6S4/c1-5-9-13-17-21-25-29-33-37-45-58(66)72-53-57-62(73-59(67)46-38-34-30-26-22-18-14-10-6-2)63(74-60(68)47-39-35-31-27-23-19-15-11-7-3)64(75-61(69)48-40-36-32-28-24-20-16-12-8-4)65(71-57)70-56-50-49-55(52-56)51-54-43-41-42-44-54/h54-57,62-65H,5-53H2,1-4H3/t55?,56?,57-,62+,63-,64+,65+/m1/s1. The van der Waals surface area contributed by atoms with Gasteiger partial charge in [0.1, 0.15) is 0 Å². The SMILES string of the molecule is CCCCCCCCCCCC(=O)SC[C@H]1O[C@H](OC2CCC(CC3CCCC3)C2)[C@@H](SC(=O)CCCCCCCCCCC)[C@H](SC(=O)CCCCCCCCCCC)[C@H]1SC(=O)CCCCCCCCCCC. The third-order valence-corrected chi connectivity index (χ3v) is 22.0. The van der Waals surface area contributed by atoms with Crippen LogP contribution in [0.15, 0.2) is 0 Å². The third kappa shape index (κ3) is 34.8. The largest absolute Gasteiger partial charge is 0.348 e. The lowest BCUT2D eigenvalue weighted by molar-refractivity contribution is -0.201. The van der Waals surface area contributed by atoms with Crippen molar-refractivity contribution in [3.63, 3.8) is 0 Å². The Hall–Kier alpha value is -0.000000000000000167. The van der Waals surface area contributed by atoms with Crippen molar-refractivity contribution in [2.24, 2.45) is 11.8 Å². The molecule has 2 aliphatic carbocycles. The summed E-state index contributed by atoms with van der Waals surface area (Å²) in [6.07, 6.45) is 54.1. The fourth-order valence-electron chi connectivity index (χ4n) is 12.0. The van der Waals surface area contributed by atoms with Crippen LogP contribution in [0.5, 0.6) is 0 Å². The van der Waals surface area contributed by atoms with Crippen molar-refractivity contribution in [2.45, 2.75) is 370 Å². The lowest BCUT2D eigenvalue weighted by Crippen LogP contribution is -2.56. The molecule has 0 aromatic carbocycles. The van der Waals surface area contributed by atoms with Crippen molar-refractivity contribution in [2.75, 3.05) is 5.75 Å². The van der Waals surface area contributed by atoms with E-state index >= 15 is 0 Å². The Morgan fingerprint density at radius 3 is 1.13 bits per heavy atom. The van der Waals surface area contributed by atoms with Crippen LogP contribution in [0, 0.1) is 11.8 Å². The summed E-state index contributed by atoms with van der Waals surface area (Å²) in [6.45, 7) is 9.05. The normalized spacial score (nSPS) is 22.1. The van der Waals surface area contributed by atoms with Crippen molar-refractivity contribution in [3.8, 4) is 0 Å². The zero-order valence-electron chi connectivity index (χ0n) is 49.3. The molecule has 0 aromatic heterocycles. The van der Waals surface area contributed by atoms with Crippen molar-refractivity contribution >= 4 is 67.5 Å². The van der Waals surface area contributed by atoms with Crippen LogP contribution in [-0.2, 0) is 28.7 Å². The van der Waals surface area contributed by atoms with Gasteiger partial charge in [-0.2, -0.15) is 0 Å². The lowest BCUT2D eigenvalue weighted by Gasteiger charge is -2.46. The molecule has 0 radical (unpaired) electrons. The van der Waals surface area contributed by atoms with Gasteiger partial charge >= 0.3 is 0 Å². The summed E-state index contributed by atoms with van der Waals surface area (Å²) in [5.74, 6) is 1.91. The Morgan fingerprint density at radius 2 is 0.733 bits per heavy atom. The topological polar surface area (TPSA) is 86.7 Å². The van der Waals surface area contributed by atoms with Gasteiger partial charge in [-0.25, -0.2) is 0 Å². The lowest BCUT2D eigenvalue weighted by atomic mass is 9.92. The summed E-state index contributed by atoms with van der Waals surface area (Å²) < 4.78 is 14.4. The van der Waals surface area contributed by atoms with Crippen LogP contribution in [0.25, 0.3) is 0 Å². The molecule has 3 aliphatic rings. The highest BCUT2D eigenvalue weighted by atomic mass is 32.2. The monoisotopic (exact) mass is 1120 g/mol. The van der Waals surface area contributed by atoms with Gasteiger partial charge in [0.25, 0.3) is 0 Å². The highest BCUT2D eigenvalue weighted by Gasteiger charge is 2.51. The van der Waals surface area contributed by atoms with Gasteiger partial charge in [-0.15, -0.1) is 0 Å². The molecule has 0 N–H and O–H groups in total. The van der Waals surface area contributed by atoms with Gasteiger partial charge in [0.05, 0.1) is 22.7 Å². The molecule has 1 aliphatic heterocycles. The predicted molar refractivity (Wildman–Crippen MR) is 331 cm³/mol. The molecule has 75 heavy (non-hydrogen) atoms. The fraction of sp³-hybridized carbons (Fsp3) is 0.938. The van der Waals surface area contributed by atoms with Gasteiger partial charge in [0.2, 0.25) is 0 Å². The van der Waals surface area contributed by atoms with E-state index in [-0.39, 0.29) is 37.1 Å². The number of hydrogen-bond donors (Lipinski definition) is 0. The van der Waals surface area contributed by atoms with Crippen LogP contribution in [0.1, 0.15) is 336 Å². The molecule has 7 atom stereocenters. The zero-order valence-corrected chi connectivity index (χ0v) is 52.6. The summed E-state index contributed by atoms with van der Waals surface area (Å²) >= 11 is 5.49. The highest BCUT2D eigenvalue weighted by Crippen LogP contribution is 2.47. The molecule has 10 heteroatoms. The minimum atomic E-state index is -0.683. The van der Waals surface area contributed by atoms with E-state index in [2.05, 4.69) is 27.7 Å². The van der Waals surface area contributed by atoms with Crippen LogP contribution in [-0.4, -0.2) is 60.5 Å². The van der Waals surface area contributed by atoms with E-state index in [0.717, 1.165) is 95.8 Å². The van der Waals surface area contributed by atoms with E-state index in [1.54, 1.807) is 0 Å². The Kier molecular flexibility index (Phi) is 44.0. The first-order chi connectivity index (χ1) is 36.8. The quantitative estimate of drug-likeness (QED) is 0.0549. The van der Waals surface area contributed by atoms with E-state index in [4.69, 9.17) is 9.47 Å². The molecule has 1 heterocycles. The molecule has 6 nitrogen and oxygen atoms in total. The summed E-state index contributed by atoms with van der Waals surface area (Å²) in [4.78, 5) is 56.7. The van der Waals surface area contributed by atoms with Crippen molar-refractivity contribution in [1.82, 2.24) is 0 Å². The molecule has 0 aromatic rings. The number of hydrogen-bond acceptors (Lipinski definition) is 10. The Bertz CT molecular complexity index is 1410. The van der Waals surface area contributed by atoms with Crippen molar-refractivity contribution in [1.29, 1.82) is 0 Å². The molecule has 0 bridgehead atoms. The zero-order chi connectivity index (χ0) is 53.8. The molecule has 438 valence electrons. The fourth-order valence-corrected chi connectivity index (χ4v) is 17.2. The van der Waals surface area contributed by atoms with Gasteiger partial charge in [0, 0.05) is 36.7 Å². The molecule has 3 rings (SSSR count). The van der Waals surface area contributed by atoms with Gasteiger partial charge < -0.3 is 9.47 Å². The summed E-state index contributed by atoms with van der Waals surface area (Å²) in [5, 5.41) is -0.490. The second kappa shape index (κ2) is 47.6. The number of ether oxygens (including phenoxy) is 2. The molecule has 2 unspecified atom stereocenters. The highest BCUT2D eigenvalue weighted by molar-refractivity contribution is 8.19. The first-order valence-corrected chi connectivity index (χ1v) is 36.4. The molecular weight excluding hydrogens is 1000 g/mol. The number of thioether (sulfide) groups is 4. The number of carbonyl (C=O) groups excluding carboxylic acids is 4. The Labute approximate surface area is 480 Å². The molecule has 0 amide bonds. The van der Waals surface area contributed by atoms with Crippen LogP contribution in [0.2, 0.25) is 0 Å². The average molecular weight is 1120 g/mol. The number of rotatable bonds is 49. The maximum absolute atomic E-state index is 14.4. The van der Waals surface area contributed by atoms with Crippen LogP contribution in [0.4, 0.5) is 0 Å². The van der Waals surface area contributed by atoms with Crippen LogP contribution in [0.3, 0.4) is 0 Å². The maximum Gasteiger partial charge on any atom is 0.189 e. The van der Waals surface area contributed by atoms with Gasteiger partial charge in [-0.05, 0) is 63.2 Å². The van der Waals surface area contributed by atoms with E-state index in [1.165, 1.54) is 240 Å². The molecule has 3 fully saturated rings. The Morgan fingerprint density at radius 1 is 0.387 bits per heavy atom. The Balaban J connectivity index is 1.84. The van der Waals surface area contributed by atoms with Gasteiger partial charge in [-0.1, -0.05) is 306 Å². The molecule has 2 saturated carbocycles. The summed E-state index contributed by atoms with van der Waals surface area (Å²) in [6, 6.07) is 0. The first-order valence-electron chi connectivity index (χ1n) is 32.8. The second-order valence-corrected chi connectivity index (χ2v) is 28.5. The van der Waals surface area contributed by atoms with Crippen LogP contribution >= 0.6 is 47.0 Å². The van der Waals surface area contributed by atoms with Crippen molar-refractivity contribution in [3.05, 3.63) is 0 Å². The van der Waals surface area contributed by atoms with E-state index in [1.807, 2.05) is 0 Å². The van der Waals surface area contributed by atoms with E-state index in [0.29, 0.717) is 37.4 Å².